The molecule has 2 rings (SSSR count). The van der Waals surface area contributed by atoms with Crippen LogP contribution in [0.5, 0.6) is 0 Å². The van der Waals surface area contributed by atoms with Crippen LogP contribution in [0.25, 0.3) is 0 Å². The Labute approximate surface area is 91.5 Å². The zero-order chi connectivity index (χ0) is 11.7. The first-order valence-electron chi connectivity index (χ1n) is 4.97. The lowest BCUT2D eigenvalue weighted by atomic mass is 10.1. The summed E-state index contributed by atoms with van der Waals surface area (Å²) in [7, 11) is 0. The molecule has 2 heterocycles. The maximum atomic E-state index is 11.6. The molecule has 1 unspecified atom stereocenters. The number of hydrogen-bond acceptors (Lipinski definition) is 5. The Bertz CT molecular complexity index is 469. The largest absolute Gasteiger partial charge is 0.383 e. The quantitative estimate of drug-likeness (QED) is 0.573. The van der Waals surface area contributed by atoms with E-state index in [0.29, 0.717) is 19.5 Å². The number of rotatable bonds is 2. The molecule has 1 saturated heterocycles. The summed E-state index contributed by atoms with van der Waals surface area (Å²) < 4.78 is 0. The standard InChI is InChI=1S/C9H13N5O2/c10-3-5-1-8(16)14(4-5)9-12-6(11)2-7(15)13-9/h2,5H,1,3-4,10H2,(H3,11,12,13,15). The first kappa shape index (κ1) is 10.6. The number of amides is 1. The van der Waals surface area contributed by atoms with Crippen LogP contribution in [0.1, 0.15) is 6.42 Å². The zero-order valence-corrected chi connectivity index (χ0v) is 8.64. The van der Waals surface area contributed by atoms with Crippen molar-refractivity contribution in [2.45, 2.75) is 6.42 Å². The molecule has 86 valence electrons. The Balaban J connectivity index is 2.31. The van der Waals surface area contributed by atoms with Gasteiger partial charge in [0.1, 0.15) is 5.82 Å². The number of carbonyl (C=O) groups is 1. The molecule has 1 aromatic rings. The fourth-order valence-electron chi connectivity index (χ4n) is 1.74. The van der Waals surface area contributed by atoms with Crippen molar-refractivity contribution in [3.05, 3.63) is 16.4 Å². The summed E-state index contributed by atoms with van der Waals surface area (Å²) >= 11 is 0. The lowest BCUT2D eigenvalue weighted by Gasteiger charge is -2.14. The highest BCUT2D eigenvalue weighted by Crippen LogP contribution is 2.20. The molecule has 1 atom stereocenters. The van der Waals surface area contributed by atoms with Crippen molar-refractivity contribution in [3.8, 4) is 0 Å². The van der Waals surface area contributed by atoms with Gasteiger partial charge in [0.25, 0.3) is 5.56 Å². The first-order chi connectivity index (χ1) is 7.60. The van der Waals surface area contributed by atoms with Gasteiger partial charge in [-0.25, -0.2) is 0 Å². The molecule has 0 saturated carbocycles. The Morgan fingerprint density at radius 1 is 1.56 bits per heavy atom. The fraction of sp³-hybridized carbons (Fsp3) is 0.444. The van der Waals surface area contributed by atoms with E-state index < -0.39 is 0 Å². The van der Waals surface area contributed by atoms with E-state index in [1.165, 1.54) is 11.0 Å². The van der Waals surface area contributed by atoms with Crippen molar-refractivity contribution in [1.82, 2.24) is 9.97 Å². The highest BCUT2D eigenvalue weighted by Gasteiger charge is 2.31. The van der Waals surface area contributed by atoms with E-state index in [2.05, 4.69) is 9.97 Å². The molecule has 1 aliphatic heterocycles. The Morgan fingerprint density at radius 2 is 2.31 bits per heavy atom. The monoisotopic (exact) mass is 223 g/mol. The number of nitrogens with two attached hydrogens (primary N) is 2. The molecule has 7 nitrogen and oxygen atoms in total. The van der Waals surface area contributed by atoms with Crippen molar-refractivity contribution < 1.29 is 4.79 Å². The van der Waals surface area contributed by atoms with E-state index in [1.807, 2.05) is 0 Å². The highest BCUT2D eigenvalue weighted by atomic mass is 16.2. The SMILES string of the molecule is NCC1CC(=O)N(c2nc(N)cc(=O)[nH]2)C1. The second-order valence-corrected chi connectivity index (χ2v) is 3.80. The lowest BCUT2D eigenvalue weighted by Crippen LogP contribution is -2.29. The van der Waals surface area contributed by atoms with Gasteiger partial charge in [-0.15, -0.1) is 0 Å². The minimum atomic E-state index is -0.369. The van der Waals surface area contributed by atoms with Crippen molar-refractivity contribution in [3.63, 3.8) is 0 Å². The number of nitrogens with one attached hydrogen (secondary N) is 1. The summed E-state index contributed by atoms with van der Waals surface area (Å²) in [6.45, 7) is 0.913. The second-order valence-electron chi connectivity index (χ2n) is 3.80. The number of anilines is 2. The normalized spacial score (nSPS) is 20.4. The average Bonchev–Trinajstić information content (AvgIpc) is 2.58. The third-order valence-corrected chi connectivity index (χ3v) is 2.54. The van der Waals surface area contributed by atoms with E-state index in [9.17, 15) is 9.59 Å². The van der Waals surface area contributed by atoms with Gasteiger partial charge in [-0.3, -0.25) is 19.5 Å². The number of aromatic nitrogens is 2. The van der Waals surface area contributed by atoms with E-state index >= 15 is 0 Å². The maximum absolute atomic E-state index is 11.6. The zero-order valence-electron chi connectivity index (χ0n) is 8.64. The van der Waals surface area contributed by atoms with Crippen LogP contribution in [-0.4, -0.2) is 29.0 Å². The average molecular weight is 223 g/mol. The molecule has 1 aromatic heterocycles. The molecular weight excluding hydrogens is 210 g/mol. The summed E-state index contributed by atoms with van der Waals surface area (Å²) in [4.78, 5) is 30.6. The van der Waals surface area contributed by atoms with Crippen molar-refractivity contribution in [2.75, 3.05) is 23.7 Å². The predicted molar refractivity (Wildman–Crippen MR) is 58.8 cm³/mol. The van der Waals surface area contributed by atoms with Crippen LogP contribution in [0.2, 0.25) is 0 Å². The highest BCUT2D eigenvalue weighted by molar-refractivity contribution is 5.94. The number of nitrogen functional groups attached to an aromatic ring is 1. The fourth-order valence-corrected chi connectivity index (χ4v) is 1.74. The molecule has 0 bridgehead atoms. The van der Waals surface area contributed by atoms with Crippen LogP contribution in [0.15, 0.2) is 10.9 Å². The van der Waals surface area contributed by atoms with Gasteiger partial charge in [-0.2, -0.15) is 4.98 Å². The molecule has 0 aliphatic carbocycles. The van der Waals surface area contributed by atoms with E-state index in [0.717, 1.165) is 0 Å². The smallest absolute Gasteiger partial charge is 0.254 e. The van der Waals surface area contributed by atoms with Gasteiger partial charge in [0.15, 0.2) is 0 Å². The lowest BCUT2D eigenvalue weighted by molar-refractivity contribution is -0.117. The molecule has 16 heavy (non-hydrogen) atoms. The summed E-state index contributed by atoms with van der Waals surface area (Å²) in [5, 5.41) is 0. The van der Waals surface area contributed by atoms with Crippen LogP contribution < -0.4 is 21.9 Å². The first-order valence-corrected chi connectivity index (χ1v) is 4.97. The van der Waals surface area contributed by atoms with Gasteiger partial charge >= 0.3 is 0 Å². The topological polar surface area (TPSA) is 118 Å². The van der Waals surface area contributed by atoms with Gasteiger partial charge in [-0.1, -0.05) is 0 Å². The van der Waals surface area contributed by atoms with Crippen LogP contribution >= 0.6 is 0 Å². The van der Waals surface area contributed by atoms with Gasteiger partial charge in [0.2, 0.25) is 11.9 Å². The molecule has 1 fully saturated rings. The van der Waals surface area contributed by atoms with Gasteiger partial charge in [0, 0.05) is 19.0 Å². The Kier molecular flexibility index (Phi) is 2.61. The summed E-state index contributed by atoms with van der Waals surface area (Å²) in [5.41, 5.74) is 10.6. The minimum Gasteiger partial charge on any atom is -0.383 e. The van der Waals surface area contributed by atoms with E-state index in [-0.39, 0.29) is 29.2 Å². The third kappa shape index (κ3) is 1.89. The summed E-state index contributed by atoms with van der Waals surface area (Å²) in [6, 6.07) is 1.17. The third-order valence-electron chi connectivity index (χ3n) is 2.54. The van der Waals surface area contributed by atoms with Crippen LogP contribution in [0, 0.1) is 5.92 Å². The molecule has 1 aliphatic rings. The molecule has 5 N–H and O–H groups in total. The number of nitrogens with zero attached hydrogens (tertiary/aromatic N) is 2. The Hall–Kier alpha value is -1.89. The van der Waals surface area contributed by atoms with E-state index in [4.69, 9.17) is 11.5 Å². The molecular formula is C9H13N5O2. The minimum absolute atomic E-state index is 0.0933. The molecule has 0 spiro atoms. The summed E-state index contributed by atoms with van der Waals surface area (Å²) in [5.74, 6) is 0.317. The Morgan fingerprint density at radius 3 is 2.88 bits per heavy atom. The molecule has 7 heteroatoms. The molecule has 0 radical (unpaired) electrons. The van der Waals surface area contributed by atoms with Crippen molar-refractivity contribution in [1.29, 1.82) is 0 Å². The maximum Gasteiger partial charge on any atom is 0.254 e. The summed E-state index contributed by atoms with van der Waals surface area (Å²) in [6.07, 6.45) is 0.384. The van der Waals surface area contributed by atoms with Crippen LogP contribution in [0.3, 0.4) is 0 Å². The van der Waals surface area contributed by atoms with Crippen molar-refractivity contribution in [2.24, 2.45) is 11.7 Å². The van der Waals surface area contributed by atoms with Gasteiger partial charge < -0.3 is 11.5 Å². The van der Waals surface area contributed by atoms with E-state index in [1.54, 1.807) is 0 Å². The van der Waals surface area contributed by atoms with Crippen LogP contribution in [-0.2, 0) is 4.79 Å². The molecule has 1 amide bonds. The second kappa shape index (κ2) is 3.93. The number of hydrogen-bond donors (Lipinski definition) is 3. The van der Waals surface area contributed by atoms with Gasteiger partial charge in [0.05, 0.1) is 0 Å². The predicted octanol–water partition coefficient (Wildman–Crippen LogP) is -1.34. The van der Waals surface area contributed by atoms with Crippen molar-refractivity contribution >= 4 is 17.7 Å². The van der Waals surface area contributed by atoms with Crippen LogP contribution in [0.4, 0.5) is 11.8 Å². The number of H-pyrrole nitrogens is 1. The molecule has 0 aromatic carbocycles. The number of carbonyl (C=O) groups excluding carboxylic acids is 1. The van der Waals surface area contributed by atoms with Gasteiger partial charge in [-0.05, 0) is 12.5 Å². The number of aromatic amines is 1.